The Labute approximate surface area is 231 Å². The summed E-state index contributed by atoms with van der Waals surface area (Å²) in [5, 5.41) is 11.9. The molecule has 0 aliphatic carbocycles. The van der Waals surface area contributed by atoms with E-state index in [0.29, 0.717) is 27.8 Å². The zero-order chi connectivity index (χ0) is 26.4. The first-order valence-corrected chi connectivity index (χ1v) is 14.1. The Kier molecular flexibility index (Phi) is 7.31. The van der Waals surface area contributed by atoms with Crippen LogP contribution in [0.25, 0.3) is 0 Å². The van der Waals surface area contributed by atoms with Crippen molar-refractivity contribution >= 4 is 52.0 Å². The third-order valence-corrected chi connectivity index (χ3v) is 8.95. The van der Waals surface area contributed by atoms with Crippen LogP contribution in [0.15, 0.2) is 64.1 Å². The molecule has 9 heteroatoms. The van der Waals surface area contributed by atoms with Crippen molar-refractivity contribution in [1.29, 1.82) is 0 Å². The quantitative estimate of drug-likeness (QED) is 0.417. The molecule has 0 spiro atoms. The lowest BCUT2D eigenvalue weighted by Crippen LogP contribution is -2.45. The number of amides is 1. The summed E-state index contributed by atoms with van der Waals surface area (Å²) in [6.45, 7) is 6.14. The number of fused-ring (bicyclic) bond motifs is 1. The summed E-state index contributed by atoms with van der Waals surface area (Å²) in [6, 6.07) is 14.2. The van der Waals surface area contributed by atoms with Gasteiger partial charge in [0.2, 0.25) is 0 Å². The molecule has 37 heavy (non-hydrogen) atoms. The van der Waals surface area contributed by atoms with Crippen LogP contribution in [0.2, 0.25) is 10.0 Å². The fourth-order valence-electron chi connectivity index (χ4n) is 5.65. The molecule has 2 aromatic rings. The number of likely N-dealkylation sites (tertiary alicyclic amines) is 1. The summed E-state index contributed by atoms with van der Waals surface area (Å²) in [4.78, 5) is 35.5. The van der Waals surface area contributed by atoms with Gasteiger partial charge in [-0.25, -0.2) is 4.79 Å². The second-order valence-corrected chi connectivity index (χ2v) is 11.8. The van der Waals surface area contributed by atoms with E-state index >= 15 is 0 Å². The number of halogens is 2. The first-order chi connectivity index (χ1) is 17.7. The van der Waals surface area contributed by atoms with Gasteiger partial charge in [-0.2, -0.15) is 0 Å². The SMILES string of the molecule is CC[C@@H]1CCC(C(=O)O)N1C(=O)C1=C(C(C)C)N2C(=N[C@@H](c3ccc(Cl)cc3)[C@H]2c2ccc(Cl)cc2)S1. The number of carboxylic acid groups (broad SMARTS) is 1. The maximum absolute atomic E-state index is 14.0. The van der Waals surface area contributed by atoms with E-state index in [1.54, 1.807) is 4.90 Å². The number of hydrogen-bond donors (Lipinski definition) is 1. The number of hydrogen-bond acceptors (Lipinski definition) is 5. The van der Waals surface area contributed by atoms with Crippen molar-refractivity contribution in [1.82, 2.24) is 9.80 Å². The minimum Gasteiger partial charge on any atom is -0.480 e. The van der Waals surface area contributed by atoms with E-state index in [9.17, 15) is 14.7 Å². The van der Waals surface area contributed by atoms with Gasteiger partial charge in [0.1, 0.15) is 17.0 Å². The van der Waals surface area contributed by atoms with E-state index in [2.05, 4.69) is 18.7 Å². The maximum Gasteiger partial charge on any atom is 0.326 e. The third kappa shape index (κ3) is 4.66. The average Bonchev–Trinajstić information content (AvgIpc) is 3.56. The Balaban J connectivity index is 1.60. The van der Waals surface area contributed by atoms with Crippen molar-refractivity contribution < 1.29 is 14.7 Å². The molecule has 3 aliphatic rings. The average molecular weight is 559 g/mol. The van der Waals surface area contributed by atoms with Crippen LogP contribution in [-0.2, 0) is 9.59 Å². The lowest BCUT2D eigenvalue weighted by Gasteiger charge is -2.32. The molecule has 3 heterocycles. The van der Waals surface area contributed by atoms with Gasteiger partial charge < -0.3 is 14.9 Å². The molecule has 3 aliphatic heterocycles. The van der Waals surface area contributed by atoms with Crippen LogP contribution in [0.5, 0.6) is 0 Å². The summed E-state index contributed by atoms with van der Waals surface area (Å²) >= 11 is 13.7. The number of thioether (sulfide) groups is 1. The number of carbonyl (C=O) groups excluding carboxylic acids is 1. The Bertz CT molecular complexity index is 1280. The summed E-state index contributed by atoms with van der Waals surface area (Å²) in [5.74, 6) is -1.14. The molecule has 0 bridgehead atoms. The number of carboxylic acids is 1. The molecule has 4 atom stereocenters. The Hall–Kier alpha value is -2.48. The highest BCUT2D eigenvalue weighted by molar-refractivity contribution is 8.18. The molecule has 1 N–H and O–H groups in total. The summed E-state index contributed by atoms with van der Waals surface area (Å²) in [7, 11) is 0. The predicted octanol–water partition coefficient (Wildman–Crippen LogP) is 6.92. The lowest BCUT2D eigenvalue weighted by molar-refractivity contribution is -0.148. The number of carbonyl (C=O) groups is 2. The van der Waals surface area contributed by atoms with Gasteiger partial charge in [-0.15, -0.1) is 0 Å². The summed E-state index contributed by atoms with van der Waals surface area (Å²) < 4.78 is 0. The topological polar surface area (TPSA) is 73.2 Å². The van der Waals surface area contributed by atoms with Crippen molar-refractivity contribution in [3.8, 4) is 0 Å². The van der Waals surface area contributed by atoms with E-state index in [4.69, 9.17) is 28.2 Å². The Morgan fingerprint density at radius 2 is 1.62 bits per heavy atom. The van der Waals surface area contributed by atoms with Crippen molar-refractivity contribution in [3.63, 3.8) is 0 Å². The van der Waals surface area contributed by atoms with E-state index in [1.165, 1.54) is 11.8 Å². The number of aliphatic imine (C=N–C) groups is 1. The largest absolute Gasteiger partial charge is 0.480 e. The number of aliphatic carboxylic acids is 1. The molecule has 1 amide bonds. The van der Waals surface area contributed by atoms with E-state index in [-0.39, 0.29) is 30.0 Å². The Morgan fingerprint density at radius 3 is 2.16 bits per heavy atom. The normalized spacial score (nSPS) is 25.2. The molecule has 2 aromatic carbocycles. The van der Waals surface area contributed by atoms with Crippen LogP contribution in [0.3, 0.4) is 0 Å². The highest BCUT2D eigenvalue weighted by atomic mass is 35.5. The molecular formula is C28H29Cl2N3O3S. The number of allylic oxidation sites excluding steroid dienone is 1. The second kappa shape index (κ2) is 10.4. The van der Waals surface area contributed by atoms with Crippen molar-refractivity contribution in [3.05, 3.63) is 80.3 Å². The summed E-state index contributed by atoms with van der Waals surface area (Å²) in [5.41, 5.74) is 2.95. The molecule has 194 valence electrons. The smallest absolute Gasteiger partial charge is 0.326 e. The van der Waals surface area contributed by atoms with Crippen LogP contribution in [0.4, 0.5) is 0 Å². The van der Waals surface area contributed by atoms with Gasteiger partial charge in [0.25, 0.3) is 5.91 Å². The second-order valence-electron chi connectivity index (χ2n) is 9.95. The minimum atomic E-state index is -0.946. The highest BCUT2D eigenvalue weighted by Gasteiger charge is 2.50. The molecule has 6 nitrogen and oxygen atoms in total. The third-order valence-electron chi connectivity index (χ3n) is 7.38. The molecule has 0 aromatic heterocycles. The lowest BCUT2D eigenvalue weighted by atomic mass is 9.92. The van der Waals surface area contributed by atoms with E-state index < -0.39 is 12.0 Å². The van der Waals surface area contributed by atoms with Crippen LogP contribution >= 0.6 is 35.0 Å². The Morgan fingerprint density at radius 1 is 1.03 bits per heavy atom. The first-order valence-electron chi connectivity index (χ1n) is 12.6. The van der Waals surface area contributed by atoms with Crippen LogP contribution in [0.1, 0.15) is 63.2 Å². The molecule has 1 fully saturated rings. The number of benzene rings is 2. The molecule has 1 unspecified atom stereocenters. The zero-order valence-corrected chi connectivity index (χ0v) is 23.2. The molecule has 0 radical (unpaired) electrons. The van der Waals surface area contributed by atoms with Gasteiger partial charge in [0.15, 0.2) is 5.17 Å². The van der Waals surface area contributed by atoms with Gasteiger partial charge in [0.05, 0.1) is 6.04 Å². The fraction of sp³-hybridized carbons (Fsp3) is 0.393. The van der Waals surface area contributed by atoms with E-state index in [1.807, 2.05) is 55.5 Å². The molecule has 5 rings (SSSR count). The number of amidine groups is 1. The standard InChI is InChI=1S/C28H29Cl2N3O3S/c1-4-20-13-14-21(27(35)36)32(20)26(34)25-23(15(2)3)33-24(17-7-11-19(30)12-8-17)22(31-28(33)37-25)16-5-9-18(29)10-6-16/h5-12,15,20-22,24H,4,13-14H2,1-3H3,(H,35,36)/t20-,21?,22+,24-/m1/s1. The zero-order valence-electron chi connectivity index (χ0n) is 20.9. The highest BCUT2D eigenvalue weighted by Crippen LogP contribution is 2.54. The minimum absolute atomic E-state index is 0.0175. The summed E-state index contributed by atoms with van der Waals surface area (Å²) in [6.07, 6.45) is 1.90. The number of rotatable bonds is 6. The monoisotopic (exact) mass is 557 g/mol. The van der Waals surface area contributed by atoms with Crippen molar-refractivity contribution in [2.24, 2.45) is 10.9 Å². The fourth-order valence-corrected chi connectivity index (χ4v) is 7.19. The van der Waals surface area contributed by atoms with Crippen LogP contribution < -0.4 is 0 Å². The molecule has 0 saturated carbocycles. The van der Waals surface area contributed by atoms with Gasteiger partial charge in [0, 0.05) is 21.8 Å². The van der Waals surface area contributed by atoms with Gasteiger partial charge in [-0.1, -0.05) is 68.2 Å². The van der Waals surface area contributed by atoms with E-state index in [0.717, 1.165) is 28.4 Å². The number of nitrogens with zero attached hydrogens (tertiary/aromatic N) is 3. The van der Waals surface area contributed by atoms with Crippen molar-refractivity contribution in [2.45, 2.75) is 64.2 Å². The molecule has 1 saturated heterocycles. The predicted molar refractivity (Wildman–Crippen MR) is 149 cm³/mol. The maximum atomic E-state index is 14.0. The molecular weight excluding hydrogens is 529 g/mol. The first kappa shape index (κ1) is 26.1. The van der Waals surface area contributed by atoms with Gasteiger partial charge >= 0.3 is 5.97 Å². The van der Waals surface area contributed by atoms with Gasteiger partial charge in [-0.05, 0) is 72.3 Å². The van der Waals surface area contributed by atoms with Crippen molar-refractivity contribution in [2.75, 3.05) is 0 Å². The van der Waals surface area contributed by atoms with Crippen LogP contribution in [-0.4, -0.2) is 44.0 Å². The van der Waals surface area contributed by atoms with Crippen LogP contribution in [0, 0.1) is 5.92 Å². The van der Waals surface area contributed by atoms with Gasteiger partial charge in [-0.3, -0.25) is 9.79 Å².